The first kappa shape index (κ1) is 22.6. The lowest BCUT2D eigenvalue weighted by molar-refractivity contribution is -0.130. The number of carbonyl (C=O) groups is 2. The fraction of sp³-hybridized carbons (Fsp3) is 0.364. The average Bonchev–Trinajstić information content (AvgIpc) is 3.22. The van der Waals surface area contributed by atoms with Crippen molar-refractivity contribution in [3.05, 3.63) is 53.1 Å². The van der Waals surface area contributed by atoms with Crippen LogP contribution in [0.25, 0.3) is 0 Å². The van der Waals surface area contributed by atoms with Crippen LogP contribution in [0.15, 0.2) is 47.4 Å². The Morgan fingerprint density at radius 3 is 2.34 bits per heavy atom. The zero-order valence-electron chi connectivity index (χ0n) is 17.8. The maximum atomic E-state index is 12.7. The molecule has 0 spiro atoms. The van der Waals surface area contributed by atoms with Gasteiger partial charge in [-0.1, -0.05) is 11.6 Å². The van der Waals surface area contributed by atoms with Gasteiger partial charge in [-0.3, -0.25) is 9.59 Å². The summed E-state index contributed by atoms with van der Waals surface area (Å²) in [6.45, 7) is 4.10. The number of hydrogen-bond donors (Lipinski definition) is 1. The van der Waals surface area contributed by atoms with Crippen LogP contribution in [-0.2, 0) is 26.0 Å². The van der Waals surface area contributed by atoms with Crippen LogP contribution in [0.2, 0.25) is 5.02 Å². The molecule has 0 radical (unpaired) electrons. The fourth-order valence-corrected chi connectivity index (χ4v) is 5.24. The van der Waals surface area contributed by atoms with Crippen molar-refractivity contribution in [2.45, 2.75) is 18.2 Å². The van der Waals surface area contributed by atoms with E-state index in [1.165, 1.54) is 13.0 Å². The predicted molar refractivity (Wildman–Crippen MR) is 124 cm³/mol. The minimum Gasteiger partial charge on any atom is -0.368 e. The molecule has 2 amide bonds. The molecule has 1 N–H and O–H groups in total. The van der Waals surface area contributed by atoms with Crippen LogP contribution in [0.5, 0.6) is 0 Å². The van der Waals surface area contributed by atoms with Crippen molar-refractivity contribution < 1.29 is 18.0 Å². The lowest BCUT2D eigenvalue weighted by Gasteiger charge is -2.36. The number of carbonyl (C=O) groups excluding carboxylic acids is 2. The highest BCUT2D eigenvalue weighted by molar-refractivity contribution is 7.89. The minimum atomic E-state index is -3.84. The van der Waals surface area contributed by atoms with Gasteiger partial charge in [-0.05, 0) is 54.4 Å². The Labute approximate surface area is 192 Å². The lowest BCUT2D eigenvalue weighted by Crippen LogP contribution is -2.51. The number of sulfonamides is 1. The minimum absolute atomic E-state index is 0.0701. The van der Waals surface area contributed by atoms with Crippen LogP contribution >= 0.6 is 11.6 Å². The number of halogens is 1. The summed E-state index contributed by atoms with van der Waals surface area (Å²) in [7, 11) is -3.84. The summed E-state index contributed by atoms with van der Waals surface area (Å²) in [5.74, 6) is -0.326. The second-order valence-electron chi connectivity index (χ2n) is 7.88. The Morgan fingerprint density at radius 2 is 1.69 bits per heavy atom. The first-order valence-electron chi connectivity index (χ1n) is 10.4. The highest BCUT2D eigenvalue weighted by Gasteiger charge is 2.26. The Balaban J connectivity index is 1.33. The van der Waals surface area contributed by atoms with Gasteiger partial charge >= 0.3 is 0 Å². The number of rotatable bonds is 5. The molecule has 10 heteroatoms. The van der Waals surface area contributed by atoms with Gasteiger partial charge in [-0.2, -0.15) is 0 Å². The standard InChI is InChI=1S/C22H25ClN4O4S/c1-16(28)27-9-8-17-14-20(6-7-21(17)27)32(30,31)24-15-22(29)26-12-10-25(11-13-26)19-4-2-18(23)3-5-19/h2-7,14,24H,8-13,15H2,1H3. The molecule has 0 unspecified atom stereocenters. The third-order valence-corrected chi connectivity index (χ3v) is 7.53. The molecule has 1 fully saturated rings. The van der Waals surface area contributed by atoms with E-state index < -0.39 is 10.0 Å². The summed E-state index contributed by atoms with van der Waals surface area (Å²) in [5.41, 5.74) is 2.60. The molecule has 2 aromatic rings. The van der Waals surface area contributed by atoms with E-state index in [1.54, 1.807) is 21.9 Å². The second-order valence-corrected chi connectivity index (χ2v) is 10.1. The van der Waals surface area contributed by atoms with E-state index in [2.05, 4.69) is 9.62 Å². The molecule has 0 aromatic heterocycles. The van der Waals surface area contributed by atoms with E-state index in [0.717, 1.165) is 16.9 Å². The first-order chi connectivity index (χ1) is 15.2. The second kappa shape index (κ2) is 9.09. The summed E-state index contributed by atoms with van der Waals surface area (Å²) < 4.78 is 27.9. The van der Waals surface area contributed by atoms with Gasteiger partial charge in [-0.15, -0.1) is 0 Å². The molecule has 2 heterocycles. The fourth-order valence-electron chi connectivity index (χ4n) is 4.09. The van der Waals surface area contributed by atoms with Gasteiger partial charge in [0.15, 0.2) is 0 Å². The molecular weight excluding hydrogens is 452 g/mol. The Morgan fingerprint density at radius 1 is 1.00 bits per heavy atom. The number of fused-ring (bicyclic) bond motifs is 1. The average molecular weight is 477 g/mol. The number of nitrogens with zero attached hydrogens (tertiary/aromatic N) is 3. The largest absolute Gasteiger partial charge is 0.368 e. The molecule has 0 atom stereocenters. The van der Waals surface area contributed by atoms with E-state index in [4.69, 9.17) is 11.6 Å². The molecule has 170 valence electrons. The Hall–Kier alpha value is -2.62. The van der Waals surface area contributed by atoms with E-state index >= 15 is 0 Å². The van der Waals surface area contributed by atoms with Crippen LogP contribution in [0.4, 0.5) is 11.4 Å². The molecule has 32 heavy (non-hydrogen) atoms. The number of hydrogen-bond acceptors (Lipinski definition) is 5. The molecule has 0 bridgehead atoms. The lowest BCUT2D eigenvalue weighted by atomic mass is 10.2. The van der Waals surface area contributed by atoms with E-state index in [0.29, 0.717) is 44.2 Å². The molecule has 0 aliphatic carbocycles. The number of piperazine rings is 1. The number of benzene rings is 2. The molecule has 2 aliphatic rings. The van der Waals surface area contributed by atoms with Crippen molar-refractivity contribution in [2.75, 3.05) is 49.1 Å². The monoisotopic (exact) mass is 476 g/mol. The smallest absolute Gasteiger partial charge is 0.241 e. The Bertz CT molecular complexity index is 1130. The number of anilines is 2. The quantitative estimate of drug-likeness (QED) is 0.711. The highest BCUT2D eigenvalue weighted by atomic mass is 35.5. The first-order valence-corrected chi connectivity index (χ1v) is 12.3. The topological polar surface area (TPSA) is 90.0 Å². The molecular formula is C22H25ClN4O4S. The Kier molecular flexibility index (Phi) is 6.41. The number of nitrogens with one attached hydrogen (secondary N) is 1. The van der Waals surface area contributed by atoms with Crippen molar-refractivity contribution in [3.63, 3.8) is 0 Å². The summed E-state index contributed by atoms with van der Waals surface area (Å²) in [5, 5.41) is 0.675. The van der Waals surface area contributed by atoms with Crippen molar-refractivity contribution in [3.8, 4) is 0 Å². The highest BCUT2D eigenvalue weighted by Crippen LogP contribution is 2.30. The van der Waals surface area contributed by atoms with Crippen LogP contribution < -0.4 is 14.5 Å². The maximum Gasteiger partial charge on any atom is 0.241 e. The van der Waals surface area contributed by atoms with Crippen LogP contribution in [0.3, 0.4) is 0 Å². The SMILES string of the molecule is CC(=O)N1CCc2cc(S(=O)(=O)NCC(=O)N3CCN(c4ccc(Cl)cc4)CC3)ccc21. The summed E-state index contributed by atoms with van der Waals surface area (Å²) in [6.07, 6.45) is 0.606. The molecule has 4 rings (SSSR count). The van der Waals surface area contributed by atoms with Crippen LogP contribution in [0.1, 0.15) is 12.5 Å². The number of amides is 2. The molecule has 2 aromatic carbocycles. The van der Waals surface area contributed by atoms with Crippen molar-refractivity contribution in [2.24, 2.45) is 0 Å². The van der Waals surface area contributed by atoms with E-state index in [-0.39, 0.29) is 23.3 Å². The van der Waals surface area contributed by atoms with Gasteiger partial charge in [0, 0.05) is 56.0 Å². The zero-order chi connectivity index (χ0) is 22.9. The summed E-state index contributed by atoms with van der Waals surface area (Å²) >= 11 is 5.93. The molecule has 8 nitrogen and oxygen atoms in total. The van der Waals surface area contributed by atoms with E-state index in [9.17, 15) is 18.0 Å². The normalized spacial score (nSPS) is 16.2. The van der Waals surface area contributed by atoms with Gasteiger partial charge in [0.1, 0.15) is 0 Å². The maximum absolute atomic E-state index is 12.7. The van der Waals surface area contributed by atoms with Gasteiger partial charge < -0.3 is 14.7 Å². The van der Waals surface area contributed by atoms with Crippen molar-refractivity contribution in [1.29, 1.82) is 0 Å². The molecule has 0 saturated carbocycles. The predicted octanol–water partition coefficient (Wildman–Crippen LogP) is 1.88. The van der Waals surface area contributed by atoms with Crippen molar-refractivity contribution in [1.82, 2.24) is 9.62 Å². The molecule has 1 saturated heterocycles. The molecule has 2 aliphatic heterocycles. The van der Waals surface area contributed by atoms with Gasteiger partial charge in [0.25, 0.3) is 0 Å². The van der Waals surface area contributed by atoms with Crippen LogP contribution in [-0.4, -0.2) is 64.4 Å². The van der Waals surface area contributed by atoms with Gasteiger partial charge in [0.2, 0.25) is 21.8 Å². The van der Waals surface area contributed by atoms with Gasteiger partial charge in [-0.25, -0.2) is 13.1 Å². The van der Waals surface area contributed by atoms with Gasteiger partial charge in [0.05, 0.1) is 11.4 Å². The van der Waals surface area contributed by atoms with E-state index in [1.807, 2.05) is 24.3 Å². The third-order valence-electron chi connectivity index (χ3n) is 5.87. The summed E-state index contributed by atoms with van der Waals surface area (Å²) in [4.78, 5) is 29.8. The third kappa shape index (κ3) is 4.74. The zero-order valence-corrected chi connectivity index (χ0v) is 19.3. The summed E-state index contributed by atoms with van der Waals surface area (Å²) in [6, 6.07) is 12.3. The van der Waals surface area contributed by atoms with Crippen LogP contribution in [0, 0.1) is 0 Å². The van der Waals surface area contributed by atoms with Crippen molar-refractivity contribution >= 4 is 44.8 Å².